The third kappa shape index (κ3) is 3.01. The van der Waals surface area contributed by atoms with Crippen LogP contribution in [-0.2, 0) is 11.2 Å². The number of nitrogens with zero attached hydrogens (tertiary/aromatic N) is 2. The maximum Gasteiger partial charge on any atom is 0.238 e. The Bertz CT molecular complexity index is 983. The van der Waals surface area contributed by atoms with E-state index in [1.807, 2.05) is 13.0 Å². The van der Waals surface area contributed by atoms with Gasteiger partial charge in [0.25, 0.3) is 0 Å². The second-order valence-corrected chi connectivity index (χ2v) is 9.39. The fourth-order valence-electron chi connectivity index (χ4n) is 5.00. The zero-order chi connectivity index (χ0) is 19.4. The number of benzene rings is 1. The van der Waals surface area contributed by atoms with E-state index in [1.165, 1.54) is 23.8 Å². The van der Waals surface area contributed by atoms with Gasteiger partial charge in [-0.3, -0.25) is 4.79 Å². The molecule has 5 nitrogen and oxygen atoms in total. The van der Waals surface area contributed by atoms with Crippen LogP contribution in [0.1, 0.15) is 23.4 Å². The van der Waals surface area contributed by atoms with E-state index in [0.717, 1.165) is 27.8 Å². The van der Waals surface area contributed by atoms with Crippen molar-refractivity contribution in [1.29, 1.82) is 5.26 Å². The zero-order valence-corrected chi connectivity index (χ0v) is 16.3. The maximum atomic E-state index is 14.6. The van der Waals surface area contributed by atoms with Crippen LogP contribution in [0.2, 0.25) is 0 Å². The summed E-state index contributed by atoms with van der Waals surface area (Å²) in [5.74, 6) is 1.35. The summed E-state index contributed by atoms with van der Waals surface area (Å²) in [4.78, 5) is 17.8. The molecule has 6 atom stereocenters. The van der Waals surface area contributed by atoms with Crippen molar-refractivity contribution in [3.63, 3.8) is 0 Å². The molecular weight excluding hydrogens is 375 g/mol. The van der Waals surface area contributed by atoms with Crippen LogP contribution in [0.15, 0.2) is 24.4 Å². The molecule has 1 aromatic heterocycles. The van der Waals surface area contributed by atoms with Gasteiger partial charge in [0.05, 0.1) is 22.0 Å². The second-order valence-electron chi connectivity index (χ2n) is 8.16. The highest BCUT2D eigenvalue weighted by Gasteiger charge is 2.62. The Kier molecular flexibility index (Phi) is 4.22. The Hall–Kier alpha value is -2.30. The minimum absolute atomic E-state index is 0.124. The van der Waals surface area contributed by atoms with E-state index < -0.39 is 6.04 Å². The van der Waals surface area contributed by atoms with E-state index in [-0.39, 0.29) is 24.2 Å². The summed E-state index contributed by atoms with van der Waals surface area (Å²) < 4.78 is 14.6. The topological polar surface area (TPSA) is 77.8 Å². The zero-order valence-electron chi connectivity index (χ0n) is 15.5. The smallest absolute Gasteiger partial charge is 0.238 e. The van der Waals surface area contributed by atoms with Gasteiger partial charge in [0.1, 0.15) is 11.9 Å². The summed E-state index contributed by atoms with van der Waals surface area (Å²) in [6.07, 6.45) is 4.19. The molecule has 28 heavy (non-hydrogen) atoms. The van der Waals surface area contributed by atoms with Gasteiger partial charge in [0.2, 0.25) is 5.91 Å². The Morgan fingerprint density at radius 1 is 1.43 bits per heavy atom. The van der Waals surface area contributed by atoms with E-state index in [0.29, 0.717) is 23.4 Å². The van der Waals surface area contributed by atoms with E-state index in [2.05, 4.69) is 21.7 Å². The van der Waals surface area contributed by atoms with Gasteiger partial charge in [-0.1, -0.05) is 12.1 Å². The number of thiazole rings is 1. The molecular formula is C21H21FN4OS. The average molecular weight is 396 g/mol. The fraction of sp³-hybridized carbons (Fsp3) is 0.476. The van der Waals surface area contributed by atoms with Crippen molar-refractivity contribution in [3.8, 4) is 16.5 Å². The molecule has 1 aromatic carbocycles. The van der Waals surface area contributed by atoms with Crippen LogP contribution in [-0.4, -0.2) is 29.0 Å². The van der Waals surface area contributed by atoms with Crippen molar-refractivity contribution in [2.75, 3.05) is 0 Å². The molecule has 3 aliphatic rings. The number of carbonyl (C=O) groups excluding carboxylic acids is 1. The van der Waals surface area contributed by atoms with Gasteiger partial charge in [-0.25, -0.2) is 9.37 Å². The molecule has 1 saturated heterocycles. The minimum atomic E-state index is -0.741. The first-order valence-corrected chi connectivity index (χ1v) is 10.5. The molecule has 2 aromatic rings. The van der Waals surface area contributed by atoms with Crippen molar-refractivity contribution >= 4 is 17.2 Å². The highest BCUT2D eigenvalue weighted by atomic mass is 32.1. The van der Waals surface area contributed by atoms with Crippen LogP contribution in [0.25, 0.3) is 10.4 Å². The average Bonchev–Trinajstić information content (AvgIpc) is 3.03. The summed E-state index contributed by atoms with van der Waals surface area (Å²) in [5.41, 5.74) is 1.20. The number of rotatable bonds is 5. The Labute approximate surface area is 167 Å². The first-order valence-electron chi connectivity index (χ1n) is 9.70. The lowest BCUT2D eigenvalue weighted by Gasteiger charge is -2.23. The fourth-order valence-corrected chi connectivity index (χ4v) is 5.78. The van der Waals surface area contributed by atoms with Crippen molar-refractivity contribution < 1.29 is 9.18 Å². The highest BCUT2D eigenvalue weighted by molar-refractivity contribution is 7.15. The summed E-state index contributed by atoms with van der Waals surface area (Å²) in [7, 11) is 0. The van der Waals surface area contributed by atoms with Crippen molar-refractivity contribution in [2.24, 2.45) is 17.8 Å². The number of piperidine rings is 1. The normalized spacial score (nSPS) is 30.5. The minimum Gasteiger partial charge on any atom is -0.339 e. The maximum absolute atomic E-state index is 14.6. The summed E-state index contributed by atoms with van der Waals surface area (Å²) in [6, 6.07) is 6.64. The molecule has 1 amide bonds. The molecule has 0 unspecified atom stereocenters. The molecule has 144 valence electrons. The predicted molar refractivity (Wildman–Crippen MR) is 104 cm³/mol. The molecule has 0 radical (unpaired) electrons. The van der Waals surface area contributed by atoms with Crippen LogP contribution >= 0.6 is 11.3 Å². The molecule has 1 aliphatic heterocycles. The summed E-state index contributed by atoms with van der Waals surface area (Å²) in [6.45, 7) is 1.91. The second kappa shape index (κ2) is 6.64. The monoisotopic (exact) mass is 396 g/mol. The predicted octanol–water partition coefficient (Wildman–Crippen LogP) is 2.80. The van der Waals surface area contributed by atoms with Crippen LogP contribution in [0.3, 0.4) is 0 Å². The van der Waals surface area contributed by atoms with Crippen LogP contribution in [0.5, 0.6) is 0 Å². The van der Waals surface area contributed by atoms with Gasteiger partial charge in [-0.2, -0.15) is 5.26 Å². The number of amides is 1. The van der Waals surface area contributed by atoms with Gasteiger partial charge < -0.3 is 10.6 Å². The largest absolute Gasteiger partial charge is 0.339 e. The number of hydrogen-bond acceptors (Lipinski definition) is 5. The van der Waals surface area contributed by atoms with Crippen molar-refractivity contribution in [1.82, 2.24) is 15.6 Å². The third-order valence-corrected chi connectivity index (χ3v) is 7.41. The van der Waals surface area contributed by atoms with Gasteiger partial charge in [-0.05, 0) is 54.7 Å². The van der Waals surface area contributed by atoms with Crippen molar-refractivity contribution in [3.05, 3.63) is 40.8 Å². The number of fused-ring (bicyclic) bond motifs is 5. The van der Waals surface area contributed by atoms with E-state index in [1.54, 1.807) is 12.3 Å². The standard InChI is InChI=1S/C21H21FN4OS/c1-10-24-9-19(28-10)12-3-2-11(17(22)5-12)4-13(8-23)25-21(27)20-16-7-18(26-20)15-6-14(15)16/h2-3,5,9,13-16,18,20,26H,4,6-7H2,1H3,(H,25,27)/t13-,14+,15-,16-,18-,20-/m0/s1. The Morgan fingerprint density at radius 3 is 2.93 bits per heavy atom. The highest BCUT2D eigenvalue weighted by Crippen LogP contribution is 2.59. The first-order chi connectivity index (χ1) is 13.5. The number of hydrogen-bond donors (Lipinski definition) is 2. The lowest BCUT2D eigenvalue weighted by atomic mass is 9.96. The number of aryl methyl sites for hydroxylation is 1. The third-order valence-electron chi connectivity index (χ3n) is 6.44. The number of halogens is 1. The van der Waals surface area contributed by atoms with E-state index in [9.17, 15) is 14.4 Å². The molecule has 5 rings (SSSR count). The van der Waals surface area contributed by atoms with Crippen LogP contribution < -0.4 is 10.6 Å². The molecule has 2 heterocycles. The van der Waals surface area contributed by atoms with Gasteiger partial charge in [-0.15, -0.1) is 11.3 Å². The van der Waals surface area contributed by atoms with Gasteiger partial charge in [0, 0.05) is 18.7 Å². The Morgan fingerprint density at radius 2 is 2.29 bits per heavy atom. The van der Waals surface area contributed by atoms with Crippen LogP contribution in [0, 0.1) is 41.8 Å². The van der Waals surface area contributed by atoms with Crippen molar-refractivity contribution in [2.45, 2.75) is 44.3 Å². The number of carbonyl (C=O) groups is 1. The molecule has 7 heteroatoms. The van der Waals surface area contributed by atoms with Gasteiger partial charge in [0.15, 0.2) is 0 Å². The van der Waals surface area contributed by atoms with Crippen LogP contribution in [0.4, 0.5) is 4.39 Å². The SMILES string of the molecule is Cc1ncc(-c2ccc(C[C@@H](C#N)NC(=O)[C@H]3N[C@H]4C[C@H]3[C@@H]3C[C@@H]34)c(F)c2)s1. The number of aromatic nitrogens is 1. The quantitative estimate of drug-likeness (QED) is 0.815. The van der Waals surface area contributed by atoms with E-state index >= 15 is 0 Å². The summed E-state index contributed by atoms with van der Waals surface area (Å²) >= 11 is 1.51. The lowest BCUT2D eigenvalue weighted by Crippen LogP contribution is -2.51. The summed E-state index contributed by atoms with van der Waals surface area (Å²) in [5, 5.41) is 16.6. The van der Waals surface area contributed by atoms with Gasteiger partial charge >= 0.3 is 0 Å². The number of nitrogens with one attached hydrogen (secondary N) is 2. The molecule has 2 N–H and O–H groups in total. The number of nitriles is 1. The first kappa shape index (κ1) is 17.8. The van der Waals surface area contributed by atoms with E-state index in [4.69, 9.17) is 0 Å². The molecule has 2 aliphatic carbocycles. The molecule has 3 fully saturated rings. The lowest BCUT2D eigenvalue weighted by molar-refractivity contribution is -0.124. The Balaban J connectivity index is 1.25. The molecule has 0 spiro atoms. The molecule has 2 bridgehead atoms. The molecule has 2 saturated carbocycles.